The molecule has 0 unspecified atom stereocenters. The molecule has 1 fully saturated rings. The Morgan fingerprint density at radius 2 is 2.12 bits per heavy atom. The molecule has 3 N–H and O–H groups in total. The first-order chi connectivity index (χ1) is 7.49. The Hall–Kier alpha value is -0.740. The zero-order chi connectivity index (χ0) is 11.9. The number of rotatable bonds is 2. The van der Waals surface area contributed by atoms with Crippen molar-refractivity contribution in [1.82, 2.24) is 0 Å². The Balaban J connectivity index is 2.60. The van der Waals surface area contributed by atoms with Gasteiger partial charge in [0.1, 0.15) is 0 Å². The summed E-state index contributed by atoms with van der Waals surface area (Å²) in [5, 5.41) is 9.76. The van der Waals surface area contributed by atoms with Gasteiger partial charge in [-0.25, -0.2) is 0 Å². The second-order valence-electron chi connectivity index (χ2n) is 4.44. The van der Waals surface area contributed by atoms with Crippen molar-refractivity contribution in [3.05, 3.63) is 21.7 Å². The second kappa shape index (κ2) is 3.93. The molecule has 0 aliphatic heterocycles. The van der Waals surface area contributed by atoms with Crippen molar-refractivity contribution in [2.75, 3.05) is 7.11 Å². The third-order valence-corrected chi connectivity index (χ3v) is 4.10. The van der Waals surface area contributed by atoms with Crippen LogP contribution in [0.25, 0.3) is 0 Å². The zero-order valence-corrected chi connectivity index (χ0v) is 11.1. The fourth-order valence-corrected chi connectivity index (χ4v) is 3.43. The van der Waals surface area contributed by atoms with Crippen molar-refractivity contribution in [1.29, 1.82) is 0 Å². The minimum atomic E-state index is -0.260. The molecule has 88 valence electrons. The number of hydrogen-bond donors (Lipinski definition) is 2. The average Bonchev–Trinajstić information content (AvgIpc) is 2.14. The largest absolute Gasteiger partial charge is 0.504 e. The lowest BCUT2D eigenvalue weighted by molar-refractivity contribution is 0.249. The monoisotopic (exact) mass is 285 g/mol. The Kier molecular flexibility index (Phi) is 2.88. The highest BCUT2D eigenvalue weighted by molar-refractivity contribution is 9.10. The predicted octanol–water partition coefficient (Wildman–Crippen LogP) is 2.81. The van der Waals surface area contributed by atoms with Crippen LogP contribution in [0.5, 0.6) is 11.5 Å². The first-order valence-corrected chi connectivity index (χ1v) is 6.14. The van der Waals surface area contributed by atoms with Gasteiger partial charge in [-0.2, -0.15) is 0 Å². The molecular formula is C12H16BrNO2. The van der Waals surface area contributed by atoms with E-state index in [4.69, 9.17) is 10.5 Å². The first-order valence-electron chi connectivity index (χ1n) is 5.35. The lowest BCUT2D eigenvalue weighted by atomic mass is 9.71. The molecule has 1 aliphatic carbocycles. The van der Waals surface area contributed by atoms with E-state index in [1.165, 1.54) is 0 Å². The highest BCUT2D eigenvalue weighted by Gasteiger charge is 2.38. The summed E-state index contributed by atoms with van der Waals surface area (Å²) in [7, 11) is 1.54. The van der Waals surface area contributed by atoms with Crippen LogP contribution in [-0.4, -0.2) is 12.2 Å². The van der Waals surface area contributed by atoms with Crippen LogP contribution in [0.1, 0.15) is 30.4 Å². The van der Waals surface area contributed by atoms with Crippen LogP contribution in [-0.2, 0) is 5.54 Å². The third-order valence-electron chi connectivity index (χ3n) is 3.35. The minimum absolute atomic E-state index is 0.151. The summed E-state index contributed by atoms with van der Waals surface area (Å²) in [5.74, 6) is 0.621. The molecule has 1 aliphatic rings. The van der Waals surface area contributed by atoms with Gasteiger partial charge < -0.3 is 15.6 Å². The average molecular weight is 286 g/mol. The predicted molar refractivity (Wildman–Crippen MR) is 66.8 cm³/mol. The Bertz CT molecular complexity index is 428. The lowest BCUT2D eigenvalue weighted by Crippen LogP contribution is -2.44. The van der Waals surface area contributed by atoms with Crippen molar-refractivity contribution < 1.29 is 9.84 Å². The Morgan fingerprint density at radius 3 is 2.56 bits per heavy atom. The summed E-state index contributed by atoms with van der Waals surface area (Å²) in [6, 6.07) is 1.71. The number of ether oxygens (including phenoxy) is 1. The summed E-state index contributed by atoms with van der Waals surface area (Å²) in [6.07, 6.45) is 3.13. The second-order valence-corrected chi connectivity index (χ2v) is 5.24. The van der Waals surface area contributed by atoms with E-state index in [2.05, 4.69) is 15.9 Å². The van der Waals surface area contributed by atoms with Gasteiger partial charge in [0.25, 0.3) is 0 Å². The van der Waals surface area contributed by atoms with Crippen LogP contribution >= 0.6 is 15.9 Å². The number of methoxy groups -OCH3 is 1. The van der Waals surface area contributed by atoms with Gasteiger partial charge in [0.15, 0.2) is 11.5 Å². The normalized spacial score (nSPS) is 18.0. The van der Waals surface area contributed by atoms with Crippen molar-refractivity contribution in [2.45, 2.75) is 31.7 Å². The molecule has 1 saturated carbocycles. The molecule has 0 radical (unpaired) electrons. The van der Waals surface area contributed by atoms with Gasteiger partial charge in [0, 0.05) is 5.54 Å². The number of nitrogens with two attached hydrogens (primary N) is 1. The molecule has 1 aromatic carbocycles. The number of hydrogen-bond acceptors (Lipinski definition) is 3. The van der Waals surface area contributed by atoms with E-state index in [0.29, 0.717) is 5.75 Å². The minimum Gasteiger partial charge on any atom is -0.504 e. The molecule has 4 heteroatoms. The van der Waals surface area contributed by atoms with Crippen LogP contribution in [0.15, 0.2) is 10.5 Å². The highest BCUT2D eigenvalue weighted by atomic mass is 79.9. The maximum atomic E-state index is 9.76. The molecule has 0 spiro atoms. The van der Waals surface area contributed by atoms with E-state index in [1.54, 1.807) is 13.2 Å². The fourth-order valence-electron chi connectivity index (χ4n) is 2.35. The molecular weight excluding hydrogens is 270 g/mol. The quantitative estimate of drug-likeness (QED) is 0.879. The summed E-state index contributed by atoms with van der Waals surface area (Å²) >= 11 is 3.49. The van der Waals surface area contributed by atoms with E-state index in [9.17, 15) is 5.11 Å². The summed E-state index contributed by atoms with van der Waals surface area (Å²) in [6.45, 7) is 1.96. The lowest BCUT2D eigenvalue weighted by Gasteiger charge is -2.40. The van der Waals surface area contributed by atoms with E-state index in [-0.39, 0.29) is 11.3 Å². The Morgan fingerprint density at radius 1 is 1.50 bits per heavy atom. The van der Waals surface area contributed by atoms with Crippen molar-refractivity contribution in [2.24, 2.45) is 5.73 Å². The number of benzene rings is 1. The standard InChI is InChI=1S/C12H16BrNO2/c1-7-6-8(15)11(16-2)10(13)9(7)12(14)4-3-5-12/h6,15H,3-5,14H2,1-2H3. The van der Waals surface area contributed by atoms with E-state index in [0.717, 1.165) is 34.9 Å². The molecule has 2 rings (SSSR count). The number of aromatic hydroxyl groups is 1. The van der Waals surface area contributed by atoms with Gasteiger partial charge in [-0.3, -0.25) is 0 Å². The van der Waals surface area contributed by atoms with Crippen LogP contribution in [0.2, 0.25) is 0 Å². The summed E-state index contributed by atoms with van der Waals surface area (Å²) in [4.78, 5) is 0. The van der Waals surface area contributed by atoms with Gasteiger partial charge in [-0.15, -0.1) is 0 Å². The highest BCUT2D eigenvalue weighted by Crippen LogP contribution is 2.48. The first kappa shape index (κ1) is 11.7. The van der Waals surface area contributed by atoms with Gasteiger partial charge in [0.2, 0.25) is 0 Å². The van der Waals surface area contributed by atoms with Crippen molar-refractivity contribution >= 4 is 15.9 Å². The molecule has 1 aromatic rings. The number of aryl methyl sites for hydroxylation is 1. The molecule has 0 saturated heterocycles. The SMILES string of the molecule is COc1c(O)cc(C)c(C2(N)CCC2)c1Br. The smallest absolute Gasteiger partial charge is 0.175 e. The van der Waals surface area contributed by atoms with Crippen molar-refractivity contribution in [3.8, 4) is 11.5 Å². The molecule has 16 heavy (non-hydrogen) atoms. The topological polar surface area (TPSA) is 55.5 Å². The number of phenolic OH excluding ortho intramolecular Hbond substituents is 1. The zero-order valence-electron chi connectivity index (χ0n) is 9.51. The maximum Gasteiger partial charge on any atom is 0.175 e. The van der Waals surface area contributed by atoms with Gasteiger partial charge in [-0.1, -0.05) is 0 Å². The summed E-state index contributed by atoms with van der Waals surface area (Å²) < 4.78 is 5.97. The van der Waals surface area contributed by atoms with Crippen LogP contribution < -0.4 is 10.5 Å². The Labute approximate surface area is 104 Å². The van der Waals surface area contributed by atoms with E-state index < -0.39 is 0 Å². The van der Waals surface area contributed by atoms with Gasteiger partial charge in [0.05, 0.1) is 11.6 Å². The molecule has 3 nitrogen and oxygen atoms in total. The van der Waals surface area contributed by atoms with Crippen LogP contribution in [0, 0.1) is 6.92 Å². The molecule has 0 bridgehead atoms. The summed E-state index contributed by atoms with van der Waals surface area (Å²) in [5.41, 5.74) is 8.14. The van der Waals surface area contributed by atoms with Crippen LogP contribution in [0.4, 0.5) is 0 Å². The van der Waals surface area contributed by atoms with Crippen LogP contribution in [0.3, 0.4) is 0 Å². The van der Waals surface area contributed by atoms with Gasteiger partial charge in [-0.05, 0) is 59.3 Å². The van der Waals surface area contributed by atoms with E-state index in [1.807, 2.05) is 6.92 Å². The number of phenols is 1. The van der Waals surface area contributed by atoms with Crippen molar-refractivity contribution in [3.63, 3.8) is 0 Å². The molecule has 0 atom stereocenters. The maximum absolute atomic E-state index is 9.76. The van der Waals surface area contributed by atoms with E-state index >= 15 is 0 Å². The van der Waals surface area contributed by atoms with Gasteiger partial charge >= 0.3 is 0 Å². The fraction of sp³-hybridized carbons (Fsp3) is 0.500. The molecule has 0 heterocycles. The molecule has 0 amide bonds. The third kappa shape index (κ3) is 1.60. The molecule has 0 aromatic heterocycles. The number of halogens is 1.